The minimum atomic E-state index is -0.638. The van der Waals surface area contributed by atoms with Crippen molar-refractivity contribution in [3.63, 3.8) is 0 Å². The van der Waals surface area contributed by atoms with Gasteiger partial charge >= 0.3 is 0 Å². The van der Waals surface area contributed by atoms with E-state index in [9.17, 15) is 23.6 Å². The van der Waals surface area contributed by atoms with Gasteiger partial charge in [0.1, 0.15) is 12.7 Å². The summed E-state index contributed by atoms with van der Waals surface area (Å²) in [6.45, 7) is 8.09. The zero-order chi connectivity index (χ0) is 34.5. The molecular formula is C38H46FN5O4. The first kappa shape index (κ1) is 36.0. The van der Waals surface area contributed by atoms with Crippen molar-refractivity contribution in [1.29, 1.82) is 0 Å². The Morgan fingerprint density at radius 3 is 2.62 bits per heavy atom. The number of rotatable bonds is 18. The highest BCUT2D eigenvalue weighted by Gasteiger charge is 2.36. The average Bonchev–Trinajstić information content (AvgIpc) is 3.73. The lowest BCUT2D eigenvalue weighted by Crippen LogP contribution is -2.48. The minimum absolute atomic E-state index is 0.00450. The number of H-pyrrole nitrogens is 1. The maximum Gasteiger partial charge on any atom is 0.243 e. The van der Waals surface area contributed by atoms with E-state index in [1.807, 2.05) is 56.3 Å². The van der Waals surface area contributed by atoms with E-state index in [2.05, 4.69) is 27.5 Å². The Morgan fingerprint density at radius 1 is 1.12 bits per heavy atom. The molecule has 4 N–H and O–H groups in total. The van der Waals surface area contributed by atoms with E-state index in [4.69, 9.17) is 0 Å². The summed E-state index contributed by atoms with van der Waals surface area (Å²) in [6.07, 6.45) is 10.2. The second-order valence-corrected chi connectivity index (χ2v) is 12.3. The molecule has 2 aromatic carbocycles. The third kappa shape index (κ3) is 9.60. The van der Waals surface area contributed by atoms with Crippen molar-refractivity contribution in [2.75, 3.05) is 19.6 Å². The SMILES string of the molecule is C=C/C=C\C(=C/C)C(NC(=O)CNC(=O)C1CC[C@H](CCNCC(C)CC(=O)c2cc3cc(CF)ccc3[nH]2)N1C=O)c1ccccc1. The number of halogens is 1. The van der Waals surface area contributed by atoms with Gasteiger partial charge in [0, 0.05) is 23.4 Å². The molecule has 0 aliphatic carbocycles. The van der Waals surface area contributed by atoms with E-state index in [-0.39, 0.29) is 36.1 Å². The molecule has 9 nitrogen and oxygen atoms in total. The van der Waals surface area contributed by atoms with Gasteiger partial charge in [-0.2, -0.15) is 0 Å². The smallest absolute Gasteiger partial charge is 0.243 e. The molecule has 1 fully saturated rings. The normalized spacial score (nSPS) is 17.7. The number of likely N-dealkylation sites (tertiary alicyclic amines) is 1. The summed E-state index contributed by atoms with van der Waals surface area (Å²) >= 11 is 0. The van der Waals surface area contributed by atoms with Crippen molar-refractivity contribution < 1.29 is 23.6 Å². The fourth-order valence-electron chi connectivity index (χ4n) is 6.19. The summed E-state index contributed by atoms with van der Waals surface area (Å²) in [6, 6.07) is 15.4. The Morgan fingerprint density at radius 2 is 1.92 bits per heavy atom. The first-order chi connectivity index (χ1) is 23.3. The van der Waals surface area contributed by atoms with Gasteiger partial charge in [-0.3, -0.25) is 19.2 Å². The number of Topliss-reactive ketones (excluding diaryl/α,β-unsaturated/α-hetero) is 1. The molecule has 48 heavy (non-hydrogen) atoms. The van der Waals surface area contributed by atoms with E-state index in [1.165, 1.54) is 0 Å². The van der Waals surface area contributed by atoms with E-state index >= 15 is 0 Å². The molecule has 254 valence electrons. The van der Waals surface area contributed by atoms with E-state index in [0.717, 1.165) is 28.4 Å². The Labute approximate surface area is 281 Å². The van der Waals surface area contributed by atoms with Crippen molar-refractivity contribution in [3.8, 4) is 0 Å². The van der Waals surface area contributed by atoms with Crippen LogP contribution < -0.4 is 16.0 Å². The first-order valence-corrected chi connectivity index (χ1v) is 16.5. The number of nitrogens with zero attached hydrogens (tertiary/aromatic N) is 1. The molecule has 3 unspecified atom stereocenters. The molecule has 0 saturated carbocycles. The monoisotopic (exact) mass is 655 g/mol. The van der Waals surface area contributed by atoms with Gasteiger partial charge in [0.05, 0.1) is 18.3 Å². The van der Waals surface area contributed by atoms with Crippen LogP contribution in [0.4, 0.5) is 4.39 Å². The maximum absolute atomic E-state index is 13.1. The van der Waals surface area contributed by atoms with E-state index < -0.39 is 18.8 Å². The Kier molecular flexibility index (Phi) is 13.4. The number of nitrogens with one attached hydrogen (secondary N) is 4. The van der Waals surface area contributed by atoms with Crippen molar-refractivity contribution in [1.82, 2.24) is 25.8 Å². The van der Waals surface area contributed by atoms with Gasteiger partial charge in [-0.1, -0.05) is 74.2 Å². The number of aromatic amines is 1. The highest BCUT2D eigenvalue weighted by molar-refractivity contribution is 5.99. The second-order valence-electron chi connectivity index (χ2n) is 12.3. The number of hydrogen-bond acceptors (Lipinski definition) is 5. The zero-order valence-corrected chi connectivity index (χ0v) is 27.7. The molecule has 2 heterocycles. The lowest BCUT2D eigenvalue weighted by atomic mass is 9.97. The zero-order valence-electron chi connectivity index (χ0n) is 27.7. The quantitative estimate of drug-likeness (QED) is 0.0626. The maximum atomic E-state index is 13.1. The molecule has 0 radical (unpaired) electrons. The molecule has 1 aromatic heterocycles. The van der Waals surface area contributed by atoms with Crippen molar-refractivity contribution in [2.45, 2.75) is 64.3 Å². The summed E-state index contributed by atoms with van der Waals surface area (Å²) in [7, 11) is 0. The molecule has 1 aliphatic heterocycles. The van der Waals surface area contributed by atoms with Crippen LogP contribution in [0.1, 0.15) is 67.2 Å². The molecule has 3 amide bonds. The van der Waals surface area contributed by atoms with Crippen LogP contribution in [0.5, 0.6) is 0 Å². The van der Waals surface area contributed by atoms with Crippen LogP contribution in [-0.4, -0.2) is 65.6 Å². The summed E-state index contributed by atoms with van der Waals surface area (Å²) < 4.78 is 13.0. The van der Waals surface area contributed by atoms with Gasteiger partial charge in [0.25, 0.3) is 0 Å². The average molecular weight is 656 g/mol. The van der Waals surface area contributed by atoms with Crippen LogP contribution in [0.2, 0.25) is 0 Å². The van der Waals surface area contributed by atoms with Crippen molar-refractivity contribution in [2.24, 2.45) is 5.92 Å². The second kappa shape index (κ2) is 17.9. The summed E-state index contributed by atoms with van der Waals surface area (Å²) in [4.78, 5) is 55.6. The molecule has 0 spiro atoms. The molecular weight excluding hydrogens is 609 g/mol. The number of alkyl halides is 1. The van der Waals surface area contributed by atoms with Gasteiger partial charge in [-0.05, 0) is 80.1 Å². The highest BCUT2D eigenvalue weighted by Crippen LogP contribution is 2.26. The molecule has 1 saturated heterocycles. The third-order valence-electron chi connectivity index (χ3n) is 8.75. The molecule has 0 bridgehead atoms. The molecule has 3 aromatic rings. The van der Waals surface area contributed by atoms with Crippen LogP contribution in [-0.2, 0) is 21.1 Å². The number of amides is 3. The topological polar surface area (TPSA) is 123 Å². The Bertz CT molecular complexity index is 1630. The van der Waals surface area contributed by atoms with Gasteiger partial charge < -0.3 is 25.8 Å². The largest absolute Gasteiger partial charge is 0.352 e. The third-order valence-corrected chi connectivity index (χ3v) is 8.75. The Hall–Kier alpha value is -4.83. The predicted octanol–water partition coefficient (Wildman–Crippen LogP) is 5.48. The van der Waals surface area contributed by atoms with Gasteiger partial charge in [0.2, 0.25) is 18.2 Å². The van der Waals surface area contributed by atoms with Crippen molar-refractivity contribution in [3.05, 3.63) is 108 Å². The number of ketones is 1. The van der Waals surface area contributed by atoms with Crippen LogP contribution in [0.15, 0.2) is 91.1 Å². The summed E-state index contributed by atoms with van der Waals surface area (Å²) in [5.41, 5.74) is 3.68. The number of aromatic nitrogens is 1. The van der Waals surface area contributed by atoms with E-state index in [1.54, 1.807) is 41.3 Å². The number of carbonyl (C=O) groups excluding carboxylic acids is 4. The fraction of sp³-hybridized carbons (Fsp3) is 0.368. The first-order valence-electron chi connectivity index (χ1n) is 16.5. The predicted molar refractivity (Wildman–Crippen MR) is 187 cm³/mol. The number of hydrogen-bond donors (Lipinski definition) is 4. The fourth-order valence-corrected chi connectivity index (χ4v) is 6.19. The highest BCUT2D eigenvalue weighted by atomic mass is 19.1. The number of benzene rings is 2. The Balaban J connectivity index is 1.21. The van der Waals surface area contributed by atoms with Crippen LogP contribution in [0.25, 0.3) is 10.9 Å². The van der Waals surface area contributed by atoms with Crippen LogP contribution in [0.3, 0.4) is 0 Å². The number of fused-ring (bicyclic) bond motifs is 1. The standard InChI is InChI=1S/C38H46FN5O4/c1-4-6-10-28(5-2)37(29-11-8-7-9-12-29)43-36(47)24-41-38(48)34-16-14-31(44(34)25-45)17-18-40-23-26(3)19-35(46)33-21-30-20-27(22-39)13-15-32(30)42-33/h4-13,15,20-21,25-26,31,34,37,40,42H,1,14,16-19,22-24H2,2-3H3,(H,41,48)(H,43,47)/b10-6-,28-5+/t26?,31-,34?,37?/m1/s1. The number of allylic oxidation sites excluding steroid dienone is 3. The van der Waals surface area contributed by atoms with Gasteiger partial charge in [0.15, 0.2) is 5.78 Å². The number of carbonyl (C=O) groups is 4. The summed E-state index contributed by atoms with van der Waals surface area (Å²) in [5, 5.41) is 9.94. The van der Waals surface area contributed by atoms with Gasteiger partial charge in [-0.15, -0.1) is 0 Å². The van der Waals surface area contributed by atoms with Gasteiger partial charge in [-0.25, -0.2) is 4.39 Å². The van der Waals surface area contributed by atoms with Crippen LogP contribution >= 0.6 is 0 Å². The molecule has 1 aliphatic rings. The van der Waals surface area contributed by atoms with Crippen LogP contribution in [0, 0.1) is 5.92 Å². The van der Waals surface area contributed by atoms with E-state index in [0.29, 0.717) is 50.0 Å². The lowest BCUT2D eigenvalue weighted by molar-refractivity contribution is -0.133. The lowest BCUT2D eigenvalue weighted by Gasteiger charge is -2.26. The summed E-state index contributed by atoms with van der Waals surface area (Å²) in [5.74, 6) is -0.630. The molecule has 10 heteroatoms. The van der Waals surface area contributed by atoms with Crippen molar-refractivity contribution >= 4 is 34.9 Å². The molecule has 4 atom stereocenters. The minimum Gasteiger partial charge on any atom is -0.352 e. The molecule has 4 rings (SSSR count).